The molecule has 0 N–H and O–H groups in total. The summed E-state index contributed by atoms with van der Waals surface area (Å²) in [5, 5.41) is 8.69. The van der Waals surface area contributed by atoms with Crippen LogP contribution in [0.4, 0.5) is 0 Å². The Morgan fingerprint density at radius 3 is 2.88 bits per heavy atom. The van der Waals surface area contributed by atoms with Crippen LogP contribution in [0.1, 0.15) is 21.1 Å². The average molecular weight is 227 g/mol. The van der Waals surface area contributed by atoms with E-state index in [0.29, 0.717) is 0 Å². The Hall–Kier alpha value is -1.99. The number of nitriles is 1. The van der Waals surface area contributed by atoms with E-state index in [2.05, 4.69) is 16.0 Å². The predicted molar refractivity (Wildman–Crippen MR) is 64.7 cm³/mol. The SMILES string of the molecule is Cc1cncc(/C=C/c2ccc(C#N)s2)n1. The molecule has 0 aliphatic heterocycles. The van der Waals surface area contributed by atoms with Gasteiger partial charge in [-0.05, 0) is 31.2 Å². The second-order valence-corrected chi connectivity index (χ2v) is 4.35. The van der Waals surface area contributed by atoms with E-state index >= 15 is 0 Å². The predicted octanol–water partition coefficient (Wildman–Crippen LogP) is 2.89. The van der Waals surface area contributed by atoms with Crippen molar-refractivity contribution < 1.29 is 0 Å². The lowest BCUT2D eigenvalue weighted by molar-refractivity contribution is 1.10. The lowest BCUT2D eigenvalue weighted by Gasteiger charge is -1.92. The lowest BCUT2D eigenvalue weighted by Crippen LogP contribution is -1.86. The molecule has 0 bridgehead atoms. The molecule has 0 aliphatic carbocycles. The number of hydrogen-bond donors (Lipinski definition) is 0. The number of hydrogen-bond acceptors (Lipinski definition) is 4. The molecule has 3 nitrogen and oxygen atoms in total. The molecule has 2 aromatic rings. The normalized spacial score (nSPS) is 10.5. The van der Waals surface area contributed by atoms with Crippen LogP contribution in [-0.4, -0.2) is 9.97 Å². The van der Waals surface area contributed by atoms with Crippen molar-refractivity contribution in [3.05, 3.63) is 45.7 Å². The van der Waals surface area contributed by atoms with Gasteiger partial charge in [-0.1, -0.05) is 0 Å². The summed E-state index contributed by atoms with van der Waals surface area (Å²) < 4.78 is 0. The van der Waals surface area contributed by atoms with Crippen molar-refractivity contribution in [2.24, 2.45) is 0 Å². The summed E-state index contributed by atoms with van der Waals surface area (Å²) >= 11 is 1.46. The fourth-order valence-corrected chi connectivity index (χ4v) is 1.94. The number of rotatable bonds is 2. The van der Waals surface area contributed by atoms with Gasteiger partial charge in [-0.25, -0.2) is 0 Å². The van der Waals surface area contributed by atoms with E-state index in [1.807, 2.05) is 31.2 Å². The Labute approximate surface area is 97.7 Å². The Morgan fingerprint density at radius 2 is 2.19 bits per heavy atom. The number of aryl methyl sites for hydroxylation is 1. The molecule has 16 heavy (non-hydrogen) atoms. The summed E-state index contributed by atoms with van der Waals surface area (Å²) in [6.45, 7) is 1.91. The standard InChI is InChI=1S/C12H9N3S/c1-9-7-14-8-10(15-9)2-3-11-4-5-12(6-13)16-11/h2-5,7-8H,1H3/b3-2+. The highest BCUT2D eigenvalue weighted by atomic mass is 32.1. The van der Waals surface area contributed by atoms with Crippen molar-refractivity contribution in [2.45, 2.75) is 6.92 Å². The van der Waals surface area contributed by atoms with Gasteiger partial charge < -0.3 is 0 Å². The van der Waals surface area contributed by atoms with E-state index in [1.165, 1.54) is 11.3 Å². The highest BCUT2D eigenvalue weighted by Gasteiger charge is 1.95. The van der Waals surface area contributed by atoms with Gasteiger partial charge in [0.05, 0.1) is 17.6 Å². The Kier molecular flexibility index (Phi) is 3.08. The maximum Gasteiger partial charge on any atom is 0.110 e. The minimum atomic E-state index is 0.718. The van der Waals surface area contributed by atoms with Gasteiger partial charge in [0.15, 0.2) is 0 Å². The molecule has 2 heterocycles. The van der Waals surface area contributed by atoms with Gasteiger partial charge in [0.25, 0.3) is 0 Å². The summed E-state index contributed by atoms with van der Waals surface area (Å²) in [5.41, 5.74) is 1.72. The van der Waals surface area contributed by atoms with Gasteiger partial charge in [0.1, 0.15) is 10.9 Å². The van der Waals surface area contributed by atoms with E-state index in [1.54, 1.807) is 12.4 Å². The molecular formula is C12H9N3S. The van der Waals surface area contributed by atoms with E-state index in [9.17, 15) is 0 Å². The number of thiophene rings is 1. The van der Waals surface area contributed by atoms with Crippen molar-refractivity contribution in [1.29, 1.82) is 5.26 Å². The molecule has 0 saturated carbocycles. The Morgan fingerprint density at radius 1 is 1.31 bits per heavy atom. The highest BCUT2D eigenvalue weighted by Crippen LogP contribution is 2.17. The van der Waals surface area contributed by atoms with Crippen molar-refractivity contribution >= 4 is 23.5 Å². The summed E-state index contributed by atoms with van der Waals surface area (Å²) in [6, 6.07) is 5.84. The van der Waals surface area contributed by atoms with Crippen LogP contribution in [0, 0.1) is 18.3 Å². The molecule has 0 aromatic carbocycles. The van der Waals surface area contributed by atoms with Gasteiger partial charge in [-0.3, -0.25) is 9.97 Å². The molecule has 0 unspecified atom stereocenters. The molecule has 0 radical (unpaired) electrons. The fraction of sp³-hybridized carbons (Fsp3) is 0.0833. The second-order valence-electron chi connectivity index (χ2n) is 3.23. The van der Waals surface area contributed by atoms with Crippen LogP contribution in [0.15, 0.2) is 24.5 Å². The quantitative estimate of drug-likeness (QED) is 0.792. The second kappa shape index (κ2) is 4.69. The van der Waals surface area contributed by atoms with Gasteiger partial charge in [-0.2, -0.15) is 5.26 Å². The molecule has 4 heteroatoms. The lowest BCUT2D eigenvalue weighted by atomic mass is 10.3. The highest BCUT2D eigenvalue weighted by molar-refractivity contribution is 7.13. The first-order valence-corrected chi connectivity index (χ1v) is 5.56. The summed E-state index contributed by atoms with van der Waals surface area (Å²) in [6.07, 6.45) is 7.26. The summed E-state index contributed by atoms with van der Waals surface area (Å²) in [5.74, 6) is 0. The van der Waals surface area contributed by atoms with Crippen LogP contribution in [0.2, 0.25) is 0 Å². The minimum absolute atomic E-state index is 0.718. The van der Waals surface area contributed by atoms with E-state index in [0.717, 1.165) is 21.1 Å². The molecule has 2 aromatic heterocycles. The third kappa shape index (κ3) is 2.53. The largest absolute Gasteiger partial charge is 0.261 e. The Bertz CT molecular complexity index is 564. The van der Waals surface area contributed by atoms with E-state index in [-0.39, 0.29) is 0 Å². The summed E-state index contributed by atoms with van der Waals surface area (Å²) in [7, 11) is 0. The van der Waals surface area contributed by atoms with Crippen molar-refractivity contribution in [3.8, 4) is 6.07 Å². The zero-order valence-corrected chi connectivity index (χ0v) is 9.53. The van der Waals surface area contributed by atoms with Crippen LogP contribution in [0.3, 0.4) is 0 Å². The van der Waals surface area contributed by atoms with Crippen LogP contribution in [0.5, 0.6) is 0 Å². The first-order chi connectivity index (χ1) is 7.78. The van der Waals surface area contributed by atoms with Crippen molar-refractivity contribution in [1.82, 2.24) is 9.97 Å². The van der Waals surface area contributed by atoms with Gasteiger partial charge >= 0.3 is 0 Å². The fourth-order valence-electron chi connectivity index (χ4n) is 1.23. The molecule has 0 saturated heterocycles. The third-order valence-electron chi connectivity index (χ3n) is 1.93. The number of nitrogens with zero attached hydrogens (tertiary/aromatic N) is 3. The van der Waals surface area contributed by atoms with Gasteiger partial charge in [0.2, 0.25) is 0 Å². The molecule has 78 valence electrons. The molecule has 0 amide bonds. The minimum Gasteiger partial charge on any atom is -0.261 e. The average Bonchev–Trinajstić information content (AvgIpc) is 2.74. The van der Waals surface area contributed by atoms with Gasteiger partial charge in [0, 0.05) is 11.1 Å². The Balaban J connectivity index is 2.18. The molecule has 0 aliphatic rings. The molecule has 0 atom stereocenters. The van der Waals surface area contributed by atoms with Crippen LogP contribution in [-0.2, 0) is 0 Å². The van der Waals surface area contributed by atoms with Crippen molar-refractivity contribution in [3.63, 3.8) is 0 Å². The molecule has 0 spiro atoms. The van der Waals surface area contributed by atoms with Crippen LogP contribution < -0.4 is 0 Å². The first-order valence-electron chi connectivity index (χ1n) is 4.74. The molecule has 0 fully saturated rings. The summed E-state index contributed by atoms with van der Waals surface area (Å²) in [4.78, 5) is 10.1. The monoisotopic (exact) mass is 227 g/mol. The maximum atomic E-state index is 8.69. The van der Waals surface area contributed by atoms with Crippen LogP contribution in [0.25, 0.3) is 12.2 Å². The zero-order valence-electron chi connectivity index (χ0n) is 8.71. The molecule has 2 rings (SSSR count). The third-order valence-corrected chi connectivity index (χ3v) is 2.88. The first kappa shape index (κ1) is 10.5. The smallest absolute Gasteiger partial charge is 0.110 e. The topological polar surface area (TPSA) is 49.6 Å². The zero-order chi connectivity index (χ0) is 11.4. The van der Waals surface area contributed by atoms with E-state index < -0.39 is 0 Å². The van der Waals surface area contributed by atoms with Crippen molar-refractivity contribution in [2.75, 3.05) is 0 Å². The van der Waals surface area contributed by atoms with Crippen LogP contribution >= 0.6 is 11.3 Å². The van der Waals surface area contributed by atoms with E-state index in [4.69, 9.17) is 5.26 Å². The maximum absolute atomic E-state index is 8.69. The number of aromatic nitrogens is 2. The van der Waals surface area contributed by atoms with Gasteiger partial charge in [-0.15, -0.1) is 11.3 Å². The molecular weight excluding hydrogens is 218 g/mol.